The van der Waals surface area contributed by atoms with Gasteiger partial charge in [0, 0.05) is 18.2 Å². The van der Waals surface area contributed by atoms with Crippen LogP contribution in [-0.4, -0.2) is 46.2 Å². The van der Waals surface area contributed by atoms with Crippen molar-refractivity contribution >= 4 is 27.4 Å². The Morgan fingerprint density at radius 3 is 2.69 bits per heavy atom. The second-order valence-electron chi connectivity index (χ2n) is 7.65. The average molecular weight is 496 g/mol. The van der Waals surface area contributed by atoms with Crippen LogP contribution in [-0.2, 0) is 0 Å². The molecule has 0 atom stereocenters. The van der Waals surface area contributed by atoms with Crippen molar-refractivity contribution < 1.29 is 0 Å². The van der Waals surface area contributed by atoms with E-state index in [1.807, 2.05) is 4.52 Å². The predicted octanol–water partition coefficient (Wildman–Crippen LogP) is 6.20. The number of nitrogens with one attached hydrogen (secondary N) is 1. The number of unbranched alkanes of at least 4 members (excludes halogenated alkanes) is 1. The highest BCUT2D eigenvalue weighted by molar-refractivity contribution is 9.10. The summed E-state index contributed by atoms with van der Waals surface area (Å²) in [5.41, 5.74) is 4.15. The van der Waals surface area contributed by atoms with Gasteiger partial charge in [-0.2, -0.15) is 9.61 Å². The van der Waals surface area contributed by atoms with Gasteiger partial charge in [0.25, 0.3) is 0 Å². The van der Waals surface area contributed by atoms with Crippen molar-refractivity contribution in [2.45, 2.75) is 40.0 Å². The summed E-state index contributed by atoms with van der Waals surface area (Å²) in [6, 6.07) is 10.4. The molecule has 3 aromatic rings. The molecule has 170 valence electrons. The fourth-order valence-corrected chi connectivity index (χ4v) is 3.73. The molecule has 1 aromatic carbocycles. The summed E-state index contributed by atoms with van der Waals surface area (Å²) in [5, 5.41) is 8.04. The lowest BCUT2D eigenvalue weighted by Crippen LogP contribution is -2.23. The van der Waals surface area contributed by atoms with Crippen LogP contribution in [0.4, 0.5) is 5.82 Å². The maximum Gasteiger partial charge on any atom is 0.172 e. The largest absolute Gasteiger partial charge is 0.370 e. The van der Waals surface area contributed by atoms with E-state index in [0.29, 0.717) is 0 Å². The van der Waals surface area contributed by atoms with Gasteiger partial charge >= 0.3 is 0 Å². The van der Waals surface area contributed by atoms with Crippen molar-refractivity contribution in [1.82, 2.24) is 19.5 Å². The first-order valence-corrected chi connectivity index (χ1v) is 11.8. The molecule has 5 nitrogen and oxygen atoms in total. The van der Waals surface area contributed by atoms with Crippen molar-refractivity contribution in [1.29, 1.82) is 0 Å². The summed E-state index contributed by atoms with van der Waals surface area (Å²) in [6.45, 7) is 8.95. The zero-order valence-electron chi connectivity index (χ0n) is 19.6. The van der Waals surface area contributed by atoms with E-state index in [-0.39, 0.29) is 0 Å². The maximum absolute atomic E-state index is 4.83. The number of terminal acetylenes is 1. The highest BCUT2D eigenvalue weighted by Gasteiger charge is 2.12. The standard InChI is InChI=1S/C23H30BrN5.C3H4/c1-4-5-6-9-14-28(3)15-10-13-25-22-16-21(19-12-8-7-11-18(19)2)27-23-20(24)17-26-29(22)23;1-3-2/h4-5,7-8,11-12,16-17,25H,6,9-10,13-15H2,1-3H3;1H,2H3/b5-4-;. The van der Waals surface area contributed by atoms with Gasteiger partial charge in [0.05, 0.1) is 16.4 Å². The minimum absolute atomic E-state index is 0.828. The molecule has 0 amide bonds. The van der Waals surface area contributed by atoms with Crippen LogP contribution in [0.3, 0.4) is 0 Å². The van der Waals surface area contributed by atoms with Crippen LogP contribution in [0.5, 0.6) is 0 Å². The van der Waals surface area contributed by atoms with Crippen molar-refractivity contribution in [3.05, 3.63) is 58.7 Å². The van der Waals surface area contributed by atoms with Crippen LogP contribution < -0.4 is 5.32 Å². The second kappa shape index (κ2) is 13.7. The number of anilines is 1. The van der Waals surface area contributed by atoms with Gasteiger partial charge in [0.1, 0.15) is 5.82 Å². The van der Waals surface area contributed by atoms with E-state index in [0.717, 1.165) is 59.7 Å². The van der Waals surface area contributed by atoms with Crippen molar-refractivity contribution in [2.24, 2.45) is 0 Å². The Bertz CT molecular complexity index is 1050. The molecule has 0 radical (unpaired) electrons. The van der Waals surface area contributed by atoms with Crippen molar-refractivity contribution in [3.63, 3.8) is 0 Å². The topological polar surface area (TPSA) is 45.5 Å². The van der Waals surface area contributed by atoms with Gasteiger partial charge in [-0.25, -0.2) is 4.98 Å². The maximum atomic E-state index is 4.83. The van der Waals surface area contributed by atoms with E-state index in [1.165, 1.54) is 12.0 Å². The number of aryl methyl sites for hydroxylation is 1. The Labute approximate surface area is 201 Å². The zero-order valence-corrected chi connectivity index (χ0v) is 21.2. The van der Waals surface area contributed by atoms with E-state index < -0.39 is 0 Å². The quantitative estimate of drug-likeness (QED) is 0.206. The number of allylic oxidation sites excluding steroid dienone is 2. The molecule has 1 N–H and O–H groups in total. The molecule has 0 saturated carbocycles. The number of hydrogen-bond acceptors (Lipinski definition) is 4. The number of aromatic nitrogens is 3. The van der Waals surface area contributed by atoms with Gasteiger partial charge in [-0.15, -0.1) is 12.3 Å². The first-order valence-electron chi connectivity index (χ1n) is 11.0. The van der Waals surface area contributed by atoms with E-state index >= 15 is 0 Å². The Morgan fingerprint density at radius 1 is 1.25 bits per heavy atom. The summed E-state index contributed by atoms with van der Waals surface area (Å²) in [4.78, 5) is 7.23. The summed E-state index contributed by atoms with van der Waals surface area (Å²) >= 11 is 3.58. The number of nitrogens with zero attached hydrogens (tertiary/aromatic N) is 4. The van der Waals surface area contributed by atoms with E-state index in [1.54, 1.807) is 13.1 Å². The fraction of sp³-hybridized carbons (Fsp3) is 0.385. The minimum Gasteiger partial charge on any atom is -0.370 e. The first-order chi connectivity index (χ1) is 15.5. The van der Waals surface area contributed by atoms with E-state index in [4.69, 9.17) is 4.98 Å². The Hall–Kier alpha value is -2.62. The van der Waals surface area contributed by atoms with Crippen LogP contribution in [0.1, 0.15) is 38.7 Å². The highest BCUT2D eigenvalue weighted by Crippen LogP contribution is 2.27. The number of hydrogen-bond donors (Lipinski definition) is 1. The lowest BCUT2D eigenvalue weighted by atomic mass is 10.1. The normalized spacial score (nSPS) is 10.9. The molecule has 0 aliphatic carbocycles. The molecule has 0 bridgehead atoms. The van der Waals surface area contributed by atoms with Gasteiger partial charge in [-0.3, -0.25) is 0 Å². The molecule has 0 aliphatic rings. The van der Waals surface area contributed by atoms with Crippen LogP contribution in [0.15, 0.2) is 53.2 Å². The molecule has 0 unspecified atom stereocenters. The molecule has 0 saturated heterocycles. The van der Waals surface area contributed by atoms with Crippen molar-refractivity contribution in [3.8, 4) is 23.6 Å². The minimum atomic E-state index is 0.828. The number of rotatable bonds is 10. The van der Waals surface area contributed by atoms with Crippen LogP contribution in [0.2, 0.25) is 0 Å². The molecular formula is C26H34BrN5. The molecule has 2 aromatic heterocycles. The van der Waals surface area contributed by atoms with E-state index in [9.17, 15) is 0 Å². The lowest BCUT2D eigenvalue weighted by Gasteiger charge is -2.17. The molecule has 0 aliphatic heterocycles. The monoisotopic (exact) mass is 495 g/mol. The summed E-state index contributed by atoms with van der Waals surface area (Å²) < 4.78 is 2.77. The molecule has 0 fully saturated rings. The molecule has 32 heavy (non-hydrogen) atoms. The molecule has 2 heterocycles. The number of benzene rings is 1. The molecule has 6 heteroatoms. The first kappa shape index (κ1) is 25.6. The average Bonchev–Trinajstić information content (AvgIpc) is 3.16. The van der Waals surface area contributed by atoms with Gasteiger partial charge in [-0.05, 0) is 81.7 Å². The van der Waals surface area contributed by atoms with Crippen molar-refractivity contribution in [2.75, 3.05) is 32.0 Å². The number of fused-ring (bicyclic) bond motifs is 1. The number of halogens is 1. The van der Waals surface area contributed by atoms with Gasteiger partial charge in [0.2, 0.25) is 0 Å². The summed E-state index contributed by atoms with van der Waals surface area (Å²) in [6.07, 6.45) is 14.2. The summed E-state index contributed by atoms with van der Waals surface area (Å²) in [5.74, 6) is 3.22. The lowest BCUT2D eigenvalue weighted by molar-refractivity contribution is 0.329. The Kier molecular flexibility index (Phi) is 11.0. The Morgan fingerprint density at radius 2 is 1.97 bits per heavy atom. The van der Waals surface area contributed by atoms with Crippen LogP contribution in [0.25, 0.3) is 16.9 Å². The highest BCUT2D eigenvalue weighted by atomic mass is 79.9. The third-order valence-electron chi connectivity index (χ3n) is 5.02. The van der Waals surface area contributed by atoms with Gasteiger partial charge < -0.3 is 10.2 Å². The molecule has 0 spiro atoms. The third kappa shape index (κ3) is 7.51. The smallest absolute Gasteiger partial charge is 0.172 e. The van der Waals surface area contributed by atoms with Gasteiger partial charge in [0.15, 0.2) is 5.65 Å². The zero-order chi connectivity index (χ0) is 23.3. The van der Waals surface area contributed by atoms with Gasteiger partial charge in [-0.1, -0.05) is 36.4 Å². The SMILES string of the molecule is C#CC.C/C=C\CCCN(C)CCCNc1cc(-c2ccccc2C)nc2c(Br)cnn12. The predicted molar refractivity (Wildman–Crippen MR) is 140 cm³/mol. The Balaban J connectivity index is 0.00000114. The second-order valence-corrected chi connectivity index (χ2v) is 8.51. The van der Waals surface area contributed by atoms with E-state index in [2.05, 4.69) is 107 Å². The van der Waals surface area contributed by atoms with Crippen LogP contribution in [0, 0.1) is 19.3 Å². The van der Waals surface area contributed by atoms with Crippen LogP contribution >= 0.6 is 15.9 Å². The molecular weight excluding hydrogens is 462 g/mol. The fourth-order valence-electron chi connectivity index (χ4n) is 3.38. The molecule has 3 rings (SSSR count). The summed E-state index contributed by atoms with van der Waals surface area (Å²) in [7, 11) is 2.20. The third-order valence-corrected chi connectivity index (χ3v) is 5.58.